The quantitative estimate of drug-likeness (QED) is 0.688. The molecule has 1 aromatic rings. The zero-order valence-corrected chi connectivity index (χ0v) is 18.0. The van der Waals surface area contributed by atoms with Gasteiger partial charge in [0.05, 0.1) is 5.69 Å². The number of nitrogens with zero attached hydrogens (tertiary/aromatic N) is 3. The Kier molecular flexibility index (Phi) is 5.02. The lowest BCUT2D eigenvalue weighted by atomic mass is 9.88. The van der Waals surface area contributed by atoms with Crippen molar-refractivity contribution in [1.82, 2.24) is 15.2 Å². The fourth-order valence-electron chi connectivity index (χ4n) is 3.86. The van der Waals surface area contributed by atoms with Gasteiger partial charge >= 0.3 is 12.3 Å². The fraction of sp³-hybridized carbons (Fsp3) is 0.619. The number of piperidine rings is 1. The van der Waals surface area contributed by atoms with Crippen LogP contribution in [-0.4, -0.2) is 51.9 Å². The van der Waals surface area contributed by atoms with Crippen molar-refractivity contribution in [1.29, 1.82) is 0 Å². The highest BCUT2D eigenvalue weighted by Crippen LogP contribution is 2.50. The first-order valence-corrected chi connectivity index (χ1v) is 10.4. The van der Waals surface area contributed by atoms with Gasteiger partial charge in [0.2, 0.25) is 0 Å². The van der Waals surface area contributed by atoms with E-state index >= 15 is 0 Å². The Morgan fingerprint density at radius 3 is 2.28 bits per heavy atom. The molecule has 0 bridgehead atoms. The highest BCUT2D eigenvalue weighted by molar-refractivity contribution is 6.16. The highest BCUT2D eigenvalue weighted by Gasteiger charge is 2.52. The van der Waals surface area contributed by atoms with Crippen molar-refractivity contribution in [2.24, 2.45) is 4.99 Å². The van der Waals surface area contributed by atoms with E-state index in [0.717, 1.165) is 12.1 Å². The molecule has 32 heavy (non-hydrogen) atoms. The summed E-state index contributed by atoms with van der Waals surface area (Å²) in [6, 6.07) is 1.87. The molecule has 4 rings (SSSR count). The molecule has 1 saturated carbocycles. The molecule has 1 aliphatic carbocycles. The Labute approximate surface area is 182 Å². The molecule has 1 aromatic heterocycles. The zero-order valence-electron chi connectivity index (χ0n) is 18.0. The summed E-state index contributed by atoms with van der Waals surface area (Å²) < 4.78 is 59.5. The number of halogens is 4. The molecule has 1 spiro atoms. The Hall–Kier alpha value is -2.72. The molecule has 2 amide bonds. The molecule has 174 valence electrons. The van der Waals surface area contributed by atoms with Crippen molar-refractivity contribution in [3.8, 4) is 0 Å². The van der Waals surface area contributed by atoms with Gasteiger partial charge in [-0.05, 0) is 58.6 Å². The van der Waals surface area contributed by atoms with Gasteiger partial charge in [0.1, 0.15) is 22.7 Å². The van der Waals surface area contributed by atoms with Crippen LogP contribution in [0, 0.1) is 0 Å². The average Bonchev–Trinajstić information content (AvgIpc) is 3.36. The minimum Gasteiger partial charge on any atom is -0.444 e. The van der Waals surface area contributed by atoms with Crippen LogP contribution in [0.3, 0.4) is 0 Å². The van der Waals surface area contributed by atoms with Gasteiger partial charge in [0, 0.05) is 18.7 Å². The Morgan fingerprint density at radius 1 is 1.12 bits per heavy atom. The van der Waals surface area contributed by atoms with Crippen molar-refractivity contribution >= 4 is 17.8 Å². The lowest BCUT2D eigenvalue weighted by Crippen LogP contribution is -2.51. The number of aliphatic imine (C=N–C) groups is 1. The van der Waals surface area contributed by atoms with Crippen LogP contribution in [0.2, 0.25) is 0 Å². The summed E-state index contributed by atoms with van der Waals surface area (Å²) in [6.07, 6.45) is -4.65. The summed E-state index contributed by atoms with van der Waals surface area (Å²) in [5.74, 6) is -0.410. The van der Waals surface area contributed by atoms with Crippen molar-refractivity contribution in [2.45, 2.75) is 69.4 Å². The van der Waals surface area contributed by atoms with Gasteiger partial charge in [0.15, 0.2) is 5.67 Å². The van der Waals surface area contributed by atoms with Gasteiger partial charge in [0.25, 0.3) is 5.91 Å². The number of amidine groups is 1. The summed E-state index contributed by atoms with van der Waals surface area (Å²) in [4.78, 5) is 34.6. The minimum absolute atomic E-state index is 0.0147. The lowest BCUT2D eigenvalue weighted by molar-refractivity contribution is -0.141. The first kappa shape index (κ1) is 22.5. The van der Waals surface area contributed by atoms with Gasteiger partial charge in [-0.3, -0.25) is 9.79 Å². The summed E-state index contributed by atoms with van der Waals surface area (Å²) >= 11 is 0. The van der Waals surface area contributed by atoms with Crippen molar-refractivity contribution < 1.29 is 31.9 Å². The fourth-order valence-corrected chi connectivity index (χ4v) is 3.86. The third-order valence-corrected chi connectivity index (χ3v) is 5.78. The lowest BCUT2D eigenvalue weighted by Gasteiger charge is -2.36. The SMILES string of the molecule is CC(C)(C)OC(=O)N1CCC2(CC1)N=C(c1ccc(C(F)(F)F)nc1C1(F)CC1)NC2=O. The van der Waals surface area contributed by atoms with Crippen LogP contribution in [0.1, 0.15) is 63.4 Å². The minimum atomic E-state index is -4.71. The van der Waals surface area contributed by atoms with Crippen LogP contribution < -0.4 is 5.32 Å². The van der Waals surface area contributed by atoms with E-state index in [1.54, 1.807) is 20.8 Å². The molecule has 11 heteroatoms. The van der Waals surface area contributed by atoms with Crippen molar-refractivity contribution in [2.75, 3.05) is 13.1 Å². The van der Waals surface area contributed by atoms with Crippen LogP contribution >= 0.6 is 0 Å². The second-order valence-electron chi connectivity index (χ2n) is 9.47. The van der Waals surface area contributed by atoms with E-state index < -0.39 is 40.7 Å². The molecule has 3 heterocycles. The van der Waals surface area contributed by atoms with Crippen LogP contribution in [0.25, 0.3) is 0 Å². The molecule has 2 aliphatic heterocycles. The number of hydrogen-bond acceptors (Lipinski definition) is 5. The molecule has 0 unspecified atom stereocenters. The first-order valence-electron chi connectivity index (χ1n) is 10.4. The third-order valence-electron chi connectivity index (χ3n) is 5.78. The summed E-state index contributed by atoms with van der Waals surface area (Å²) in [6.45, 7) is 5.72. The maximum absolute atomic E-state index is 14.9. The summed E-state index contributed by atoms with van der Waals surface area (Å²) in [7, 11) is 0. The van der Waals surface area contributed by atoms with E-state index in [1.165, 1.54) is 4.90 Å². The van der Waals surface area contributed by atoms with Crippen LogP contribution in [0.5, 0.6) is 0 Å². The molecule has 0 radical (unpaired) electrons. The van der Waals surface area contributed by atoms with Crippen LogP contribution in [-0.2, 0) is 21.4 Å². The molecule has 2 fully saturated rings. The highest BCUT2D eigenvalue weighted by atomic mass is 19.4. The summed E-state index contributed by atoms with van der Waals surface area (Å²) in [5.41, 5.74) is -5.27. The third kappa shape index (κ3) is 4.16. The van der Waals surface area contributed by atoms with Gasteiger partial charge in [-0.2, -0.15) is 13.2 Å². The standard InChI is InChI=1S/C21H24F4N4O3/c1-18(2,3)32-17(31)29-10-8-20(9-11-29)16(30)27-15(28-20)12-4-5-13(21(23,24)25)26-14(12)19(22)6-7-19/h4-5H,6-11H2,1-3H3,(H,27,28,30). The monoisotopic (exact) mass is 456 g/mol. The number of ether oxygens (including phenoxy) is 1. The smallest absolute Gasteiger partial charge is 0.433 e. The van der Waals surface area contributed by atoms with Crippen molar-refractivity contribution in [3.05, 3.63) is 29.1 Å². The van der Waals surface area contributed by atoms with E-state index in [0.29, 0.717) is 0 Å². The number of pyridine rings is 1. The Morgan fingerprint density at radius 2 is 1.75 bits per heavy atom. The Bertz CT molecular complexity index is 988. The van der Waals surface area contributed by atoms with Crippen LogP contribution in [0.15, 0.2) is 17.1 Å². The van der Waals surface area contributed by atoms with Gasteiger partial charge in [-0.25, -0.2) is 14.2 Å². The maximum atomic E-state index is 14.9. The Balaban J connectivity index is 1.59. The molecule has 7 nitrogen and oxygen atoms in total. The number of likely N-dealkylation sites (tertiary alicyclic amines) is 1. The van der Waals surface area contributed by atoms with Crippen molar-refractivity contribution in [3.63, 3.8) is 0 Å². The maximum Gasteiger partial charge on any atom is 0.433 e. The summed E-state index contributed by atoms with van der Waals surface area (Å²) in [5, 5.41) is 2.60. The predicted octanol–water partition coefficient (Wildman–Crippen LogP) is 3.71. The number of carbonyl (C=O) groups is 2. The molecule has 1 N–H and O–H groups in total. The van der Waals surface area contributed by atoms with E-state index in [4.69, 9.17) is 4.74 Å². The molecular weight excluding hydrogens is 432 g/mol. The zero-order chi connectivity index (χ0) is 23.5. The van der Waals surface area contributed by atoms with Gasteiger partial charge < -0.3 is 15.0 Å². The number of amides is 2. The van der Waals surface area contributed by atoms with Crippen LogP contribution in [0.4, 0.5) is 22.4 Å². The normalized spacial score (nSPS) is 21.9. The number of carbonyl (C=O) groups excluding carboxylic acids is 2. The number of nitrogens with one attached hydrogen (secondary N) is 1. The number of aromatic nitrogens is 1. The second-order valence-corrected chi connectivity index (χ2v) is 9.47. The molecule has 0 atom stereocenters. The van der Waals surface area contributed by atoms with Gasteiger partial charge in [-0.1, -0.05) is 0 Å². The topological polar surface area (TPSA) is 83.9 Å². The van der Waals surface area contributed by atoms with E-state index in [1.807, 2.05) is 0 Å². The molecule has 0 aromatic carbocycles. The number of rotatable bonds is 2. The number of hydrogen-bond donors (Lipinski definition) is 1. The second kappa shape index (κ2) is 7.14. The molecular formula is C21H24F4N4O3. The van der Waals surface area contributed by atoms with Gasteiger partial charge in [-0.15, -0.1) is 0 Å². The largest absolute Gasteiger partial charge is 0.444 e. The molecule has 3 aliphatic rings. The predicted molar refractivity (Wildman–Crippen MR) is 106 cm³/mol. The van der Waals surface area contributed by atoms with E-state index in [9.17, 15) is 27.2 Å². The average molecular weight is 456 g/mol. The molecule has 1 saturated heterocycles. The van der Waals surface area contributed by atoms with E-state index in [-0.39, 0.29) is 55.9 Å². The van der Waals surface area contributed by atoms with E-state index in [2.05, 4.69) is 15.3 Å². The number of alkyl halides is 4. The first-order chi connectivity index (χ1) is 14.7.